The highest BCUT2D eigenvalue weighted by Gasteiger charge is 2.13. The van der Waals surface area contributed by atoms with Gasteiger partial charge in [-0.2, -0.15) is 0 Å². The second kappa shape index (κ2) is 7.07. The van der Waals surface area contributed by atoms with Crippen molar-refractivity contribution in [2.75, 3.05) is 5.32 Å². The molecule has 0 saturated carbocycles. The van der Waals surface area contributed by atoms with Crippen LogP contribution in [0.2, 0.25) is 0 Å². The van der Waals surface area contributed by atoms with E-state index in [0.717, 1.165) is 10.7 Å². The topological polar surface area (TPSA) is 62.5 Å². The molecule has 0 radical (unpaired) electrons. The van der Waals surface area contributed by atoms with E-state index in [2.05, 4.69) is 5.32 Å². The zero-order valence-electron chi connectivity index (χ0n) is 12.2. The predicted molar refractivity (Wildman–Crippen MR) is 90.8 cm³/mol. The molecule has 4 nitrogen and oxygen atoms in total. The first-order valence-corrected chi connectivity index (χ1v) is 8.07. The van der Waals surface area contributed by atoms with E-state index < -0.39 is 0 Å². The van der Waals surface area contributed by atoms with Crippen LogP contribution in [-0.2, 0) is 5.75 Å². The third kappa shape index (κ3) is 3.96. The normalized spacial score (nSPS) is 10.4. The van der Waals surface area contributed by atoms with Gasteiger partial charge >= 0.3 is 0 Å². The van der Waals surface area contributed by atoms with Crippen LogP contribution in [0.4, 0.5) is 5.69 Å². The number of anilines is 1. The minimum atomic E-state index is -0.387. The summed E-state index contributed by atoms with van der Waals surface area (Å²) in [5.41, 5.74) is 0.356. The van der Waals surface area contributed by atoms with Gasteiger partial charge in [0.05, 0.1) is 11.4 Å². The first-order valence-electron chi connectivity index (χ1n) is 7.08. The number of carbonyl (C=O) groups is 1. The molecular weight excluding hydrogens is 310 g/mol. The number of hydrogen-bond donors (Lipinski definition) is 2. The summed E-state index contributed by atoms with van der Waals surface area (Å²) in [7, 11) is 0. The number of furan rings is 1. The van der Waals surface area contributed by atoms with Crippen molar-refractivity contribution in [2.24, 2.45) is 0 Å². The largest absolute Gasteiger partial charge is 0.506 e. The first kappa shape index (κ1) is 15.2. The number of para-hydroxylation sites is 2. The molecule has 0 aliphatic heterocycles. The van der Waals surface area contributed by atoms with Crippen LogP contribution in [0, 0.1) is 0 Å². The maximum Gasteiger partial charge on any atom is 0.291 e. The van der Waals surface area contributed by atoms with Crippen molar-refractivity contribution in [2.45, 2.75) is 10.6 Å². The average Bonchev–Trinajstić information content (AvgIpc) is 3.05. The molecule has 23 heavy (non-hydrogen) atoms. The number of amides is 1. The Kier molecular flexibility index (Phi) is 4.68. The van der Waals surface area contributed by atoms with Gasteiger partial charge in [0, 0.05) is 4.90 Å². The van der Waals surface area contributed by atoms with Gasteiger partial charge in [0.1, 0.15) is 11.5 Å². The smallest absolute Gasteiger partial charge is 0.291 e. The van der Waals surface area contributed by atoms with Crippen LogP contribution in [0.1, 0.15) is 16.3 Å². The van der Waals surface area contributed by atoms with Crippen LogP contribution in [0.3, 0.4) is 0 Å². The Balaban J connectivity index is 1.62. The summed E-state index contributed by atoms with van der Waals surface area (Å²) in [4.78, 5) is 13.3. The summed E-state index contributed by atoms with van der Waals surface area (Å²) >= 11 is 1.64. The highest BCUT2D eigenvalue weighted by Crippen LogP contribution is 2.25. The van der Waals surface area contributed by atoms with Gasteiger partial charge in [0.15, 0.2) is 5.76 Å². The zero-order chi connectivity index (χ0) is 16.1. The third-order valence-corrected chi connectivity index (χ3v) is 4.20. The van der Waals surface area contributed by atoms with E-state index in [1.807, 2.05) is 30.3 Å². The lowest BCUT2D eigenvalue weighted by Gasteiger charge is -2.05. The molecule has 3 rings (SSSR count). The fraction of sp³-hybridized carbons (Fsp3) is 0.0556. The second-order valence-corrected chi connectivity index (χ2v) is 5.89. The molecule has 1 heterocycles. The molecule has 0 aliphatic carbocycles. The highest BCUT2D eigenvalue weighted by atomic mass is 32.2. The molecule has 116 valence electrons. The summed E-state index contributed by atoms with van der Waals surface area (Å²) in [5.74, 6) is 1.22. The number of carbonyl (C=O) groups excluding carboxylic acids is 1. The summed E-state index contributed by atoms with van der Waals surface area (Å²) in [6.45, 7) is 0. The van der Waals surface area contributed by atoms with Crippen molar-refractivity contribution >= 4 is 23.4 Å². The Hall–Kier alpha value is -2.66. The van der Waals surface area contributed by atoms with Crippen LogP contribution >= 0.6 is 11.8 Å². The summed E-state index contributed by atoms with van der Waals surface area (Å²) in [6.07, 6.45) is 0. The molecule has 2 aromatic carbocycles. The van der Waals surface area contributed by atoms with Crippen LogP contribution < -0.4 is 5.32 Å². The minimum absolute atomic E-state index is 0.0206. The van der Waals surface area contributed by atoms with E-state index in [0.29, 0.717) is 11.4 Å². The fourth-order valence-electron chi connectivity index (χ4n) is 2.01. The first-order chi connectivity index (χ1) is 11.2. The zero-order valence-corrected chi connectivity index (χ0v) is 13.0. The Morgan fingerprint density at radius 3 is 2.52 bits per heavy atom. The molecule has 0 atom stereocenters. The molecule has 2 N–H and O–H groups in total. The van der Waals surface area contributed by atoms with E-state index in [1.165, 1.54) is 6.07 Å². The van der Waals surface area contributed by atoms with Crippen LogP contribution in [0.25, 0.3) is 0 Å². The molecule has 0 fully saturated rings. The molecule has 0 saturated heterocycles. The molecular formula is C18H15NO3S. The number of aromatic hydroxyl groups is 1. The molecule has 1 aromatic heterocycles. The van der Waals surface area contributed by atoms with Gasteiger partial charge in [-0.3, -0.25) is 4.79 Å². The maximum atomic E-state index is 12.1. The Morgan fingerprint density at radius 2 is 1.74 bits per heavy atom. The van der Waals surface area contributed by atoms with Gasteiger partial charge in [-0.05, 0) is 36.4 Å². The standard InChI is InChI=1S/C18H15NO3S/c20-16-9-5-4-8-15(16)19-18(21)17-11-10-13(22-17)12-23-14-6-2-1-3-7-14/h1-11,20H,12H2,(H,19,21). The number of phenolic OH excluding ortho intramolecular Hbond substituents is 1. The SMILES string of the molecule is O=C(Nc1ccccc1O)c1ccc(CSc2ccccc2)o1. The Labute approximate surface area is 138 Å². The van der Waals surface area contributed by atoms with Gasteiger partial charge in [-0.15, -0.1) is 11.8 Å². The van der Waals surface area contributed by atoms with Gasteiger partial charge in [0.2, 0.25) is 0 Å². The van der Waals surface area contributed by atoms with Crippen molar-refractivity contribution < 1.29 is 14.3 Å². The number of rotatable bonds is 5. The van der Waals surface area contributed by atoms with E-state index >= 15 is 0 Å². The molecule has 0 spiro atoms. The van der Waals surface area contributed by atoms with Crippen molar-refractivity contribution in [3.8, 4) is 5.75 Å². The summed E-state index contributed by atoms with van der Waals surface area (Å²) in [5, 5.41) is 12.3. The van der Waals surface area contributed by atoms with Crippen LogP contribution in [-0.4, -0.2) is 11.0 Å². The van der Waals surface area contributed by atoms with Crippen LogP contribution in [0.5, 0.6) is 5.75 Å². The van der Waals surface area contributed by atoms with E-state index in [9.17, 15) is 9.90 Å². The summed E-state index contributed by atoms with van der Waals surface area (Å²) < 4.78 is 5.56. The minimum Gasteiger partial charge on any atom is -0.506 e. The predicted octanol–water partition coefficient (Wildman–Crippen LogP) is 4.53. The van der Waals surface area contributed by atoms with Crippen LogP contribution in [0.15, 0.2) is 76.0 Å². The molecule has 5 heteroatoms. The van der Waals surface area contributed by atoms with Gasteiger partial charge < -0.3 is 14.8 Å². The lowest BCUT2D eigenvalue weighted by molar-refractivity contribution is 0.0995. The Morgan fingerprint density at radius 1 is 1.00 bits per heavy atom. The number of benzene rings is 2. The van der Waals surface area contributed by atoms with Gasteiger partial charge in [-0.25, -0.2) is 0 Å². The lowest BCUT2D eigenvalue weighted by Crippen LogP contribution is -2.10. The number of phenols is 1. The number of hydrogen-bond acceptors (Lipinski definition) is 4. The Bertz CT molecular complexity index is 799. The molecule has 0 bridgehead atoms. The van der Waals surface area contributed by atoms with Gasteiger partial charge in [0.25, 0.3) is 5.91 Å². The third-order valence-electron chi connectivity index (χ3n) is 3.16. The maximum absolute atomic E-state index is 12.1. The van der Waals surface area contributed by atoms with Gasteiger partial charge in [-0.1, -0.05) is 30.3 Å². The highest BCUT2D eigenvalue weighted by molar-refractivity contribution is 7.98. The average molecular weight is 325 g/mol. The quantitative estimate of drug-likeness (QED) is 0.534. The van der Waals surface area contributed by atoms with E-state index in [4.69, 9.17) is 4.42 Å². The molecule has 0 aliphatic rings. The second-order valence-electron chi connectivity index (χ2n) is 4.84. The number of thioether (sulfide) groups is 1. The van der Waals surface area contributed by atoms with Crippen molar-refractivity contribution in [1.82, 2.24) is 0 Å². The number of nitrogens with one attached hydrogen (secondary N) is 1. The fourth-order valence-corrected chi connectivity index (χ4v) is 2.83. The van der Waals surface area contributed by atoms with Crippen molar-refractivity contribution in [3.63, 3.8) is 0 Å². The molecule has 0 unspecified atom stereocenters. The van der Waals surface area contributed by atoms with Crippen molar-refractivity contribution in [1.29, 1.82) is 0 Å². The lowest BCUT2D eigenvalue weighted by atomic mass is 10.3. The van der Waals surface area contributed by atoms with Crippen molar-refractivity contribution in [3.05, 3.63) is 78.3 Å². The molecule has 1 amide bonds. The monoisotopic (exact) mass is 325 g/mol. The molecule has 3 aromatic rings. The summed E-state index contributed by atoms with van der Waals surface area (Å²) in [6, 6.07) is 20.0. The van der Waals surface area contributed by atoms with E-state index in [-0.39, 0.29) is 17.4 Å². The van der Waals surface area contributed by atoms with E-state index in [1.54, 1.807) is 42.1 Å².